The third-order valence-electron chi connectivity index (χ3n) is 2.70. The number of carbonyl (C=O) groups is 1. The molecule has 3 N–H and O–H groups in total. The van der Waals surface area contributed by atoms with Gasteiger partial charge < -0.3 is 15.8 Å². The summed E-state index contributed by atoms with van der Waals surface area (Å²) >= 11 is 0. The predicted molar refractivity (Wildman–Crippen MR) is 74.3 cm³/mol. The summed E-state index contributed by atoms with van der Waals surface area (Å²) in [5, 5.41) is 2.76. The molecular weight excluding hydrogens is 242 g/mol. The fourth-order valence-corrected chi connectivity index (χ4v) is 1.72. The summed E-state index contributed by atoms with van der Waals surface area (Å²) in [6.45, 7) is 1.84. The van der Waals surface area contributed by atoms with Crippen LogP contribution in [0.4, 0.5) is 11.4 Å². The Hall–Kier alpha value is -2.56. The molecule has 2 rings (SSSR count). The molecular formula is C14H15N3O2. The van der Waals surface area contributed by atoms with E-state index in [4.69, 9.17) is 10.5 Å². The molecule has 0 aliphatic carbocycles. The van der Waals surface area contributed by atoms with Gasteiger partial charge >= 0.3 is 0 Å². The number of hydrogen-bond donors (Lipinski definition) is 2. The van der Waals surface area contributed by atoms with Gasteiger partial charge in [-0.2, -0.15) is 0 Å². The van der Waals surface area contributed by atoms with Gasteiger partial charge in [0, 0.05) is 18.0 Å². The van der Waals surface area contributed by atoms with Gasteiger partial charge in [-0.3, -0.25) is 9.78 Å². The van der Waals surface area contributed by atoms with Gasteiger partial charge in [-0.05, 0) is 30.7 Å². The van der Waals surface area contributed by atoms with Crippen LogP contribution in [-0.2, 0) is 0 Å². The van der Waals surface area contributed by atoms with Gasteiger partial charge in [0.1, 0.15) is 11.4 Å². The Morgan fingerprint density at radius 1 is 1.37 bits per heavy atom. The number of nitrogens with zero attached hydrogens (tertiary/aromatic N) is 1. The molecule has 0 radical (unpaired) electrons. The first kappa shape index (κ1) is 12.9. The maximum Gasteiger partial charge on any atom is 0.274 e. The predicted octanol–water partition coefficient (Wildman–Crippen LogP) is 2.23. The van der Waals surface area contributed by atoms with Crippen molar-refractivity contribution in [2.75, 3.05) is 18.2 Å². The summed E-state index contributed by atoms with van der Waals surface area (Å²) in [6, 6.07) is 8.67. The van der Waals surface area contributed by atoms with Crippen LogP contribution < -0.4 is 15.8 Å². The molecule has 2 aromatic rings. The normalized spacial score (nSPS) is 10.0. The van der Waals surface area contributed by atoms with Crippen LogP contribution in [0.3, 0.4) is 0 Å². The zero-order chi connectivity index (χ0) is 13.8. The lowest BCUT2D eigenvalue weighted by Gasteiger charge is -2.11. The zero-order valence-corrected chi connectivity index (χ0v) is 10.8. The van der Waals surface area contributed by atoms with Gasteiger partial charge in [0.05, 0.1) is 12.8 Å². The van der Waals surface area contributed by atoms with Crippen LogP contribution in [0.15, 0.2) is 36.5 Å². The average Bonchev–Trinajstić information content (AvgIpc) is 2.41. The number of aryl methyl sites for hydroxylation is 1. The lowest BCUT2D eigenvalue weighted by atomic mass is 10.2. The fraction of sp³-hybridized carbons (Fsp3) is 0.143. The van der Waals surface area contributed by atoms with Crippen LogP contribution in [0.25, 0.3) is 0 Å². The van der Waals surface area contributed by atoms with Gasteiger partial charge in [-0.1, -0.05) is 6.07 Å². The quantitative estimate of drug-likeness (QED) is 0.827. The molecule has 0 unspecified atom stereocenters. The lowest BCUT2D eigenvalue weighted by Crippen LogP contribution is -2.15. The summed E-state index contributed by atoms with van der Waals surface area (Å²) in [5.41, 5.74) is 8.00. The van der Waals surface area contributed by atoms with Crippen LogP contribution in [-0.4, -0.2) is 18.0 Å². The Bertz CT molecular complexity index is 611. The third-order valence-corrected chi connectivity index (χ3v) is 2.70. The van der Waals surface area contributed by atoms with Crippen molar-refractivity contribution >= 4 is 17.3 Å². The summed E-state index contributed by atoms with van der Waals surface area (Å²) in [5.74, 6) is 0.239. The maximum atomic E-state index is 12.1. The molecule has 0 saturated heterocycles. The number of methoxy groups -OCH3 is 1. The molecule has 1 aromatic heterocycles. The van der Waals surface area contributed by atoms with Crippen molar-refractivity contribution in [3.05, 3.63) is 47.8 Å². The van der Waals surface area contributed by atoms with E-state index >= 15 is 0 Å². The van der Waals surface area contributed by atoms with E-state index in [0.717, 1.165) is 5.56 Å². The molecule has 0 saturated carbocycles. The number of carbonyl (C=O) groups excluding carboxylic acids is 1. The number of nitrogen functional groups attached to an aromatic ring is 1. The molecule has 98 valence electrons. The molecule has 5 nitrogen and oxygen atoms in total. The minimum atomic E-state index is -0.277. The van der Waals surface area contributed by atoms with Crippen molar-refractivity contribution in [2.45, 2.75) is 6.92 Å². The van der Waals surface area contributed by atoms with E-state index in [0.29, 0.717) is 22.8 Å². The summed E-state index contributed by atoms with van der Waals surface area (Å²) in [4.78, 5) is 16.2. The second-order valence-electron chi connectivity index (χ2n) is 4.08. The van der Waals surface area contributed by atoms with Gasteiger partial charge in [-0.25, -0.2) is 0 Å². The first-order valence-corrected chi connectivity index (χ1v) is 5.78. The van der Waals surface area contributed by atoms with Crippen LogP contribution in [0.2, 0.25) is 0 Å². The molecule has 0 aliphatic heterocycles. The number of aromatic nitrogens is 1. The molecule has 0 spiro atoms. The monoisotopic (exact) mass is 257 g/mol. The van der Waals surface area contributed by atoms with Crippen molar-refractivity contribution in [2.24, 2.45) is 0 Å². The molecule has 0 aliphatic rings. The summed E-state index contributed by atoms with van der Waals surface area (Å²) in [6.07, 6.45) is 1.59. The van der Waals surface area contributed by atoms with Crippen LogP contribution in [0.1, 0.15) is 16.1 Å². The minimum Gasteiger partial charge on any atom is -0.494 e. The fourth-order valence-electron chi connectivity index (χ4n) is 1.72. The van der Waals surface area contributed by atoms with E-state index in [1.165, 1.54) is 7.11 Å². The number of rotatable bonds is 3. The number of hydrogen-bond acceptors (Lipinski definition) is 4. The van der Waals surface area contributed by atoms with Crippen molar-refractivity contribution in [3.63, 3.8) is 0 Å². The summed E-state index contributed by atoms with van der Waals surface area (Å²) in [7, 11) is 1.52. The Morgan fingerprint density at radius 3 is 2.84 bits per heavy atom. The second-order valence-corrected chi connectivity index (χ2v) is 4.08. The topological polar surface area (TPSA) is 77.2 Å². The van der Waals surface area contributed by atoms with Crippen molar-refractivity contribution in [1.82, 2.24) is 4.98 Å². The SMILES string of the molecule is COc1cc(N)ccc1NC(=O)c1ncccc1C. The number of ether oxygens (including phenoxy) is 1. The molecule has 1 amide bonds. The van der Waals surface area contributed by atoms with E-state index in [9.17, 15) is 4.79 Å². The Morgan fingerprint density at radius 2 is 2.16 bits per heavy atom. The highest BCUT2D eigenvalue weighted by Crippen LogP contribution is 2.27. The van der Waals surface area contributed by atoms with E-state index < -0.39 is 0 Å². The maximum absolute atomic E-state index is 12.1. The zero-order valence-electron chi connectivity index (χ0n) is 10.8. The Kier molecular flexibility index (Phi) is 3.66. The van der Waals surface area contributed by atoms with Crippen LogP contribution in [0.5, 0.6) is 5.75 Å². The van der Waals surface area contributed by atoms with Gasteiger partial charge in [-0.15, -0.1) is 0 Å². The molecule has 1 aromatic carbocycles. The standard InChI is InChI=1S/C14H15N3O2/c1-9-4-3-7-16-13(9)14(18)17-11-6-5-10(15)8-12(11)19-2/h3-8H,15H2,1-2H3,(H,17,18). The van der Waals surface area contributed by atoms with Crippen LogP contribution >= 0.6 is 0 Å². The molecule has 0 bridgehead atoms. The number of anilines is 2. The number of amides is 1. The Balaban J connectivity index is 2.27. The van der Waals surface area contributed by atoms with Crippen molar-refractivity contribution in [1.29, 1.82) is 0 Å². The second kappa shape index (κ2) is 5.39. The molecule has 1 heterocycles. The number of pyridine rings is 1. The molecule has 5 heteroatoms. The van der Waals surface area contributed by atoms with Crippen molar-refractivity contribution < 1.29 is 9.53 Å². The molecule has 19 heavy (non-hydrogen) atoms. The highest BCUT2D eigenvalue weighted by atomic mass is 16.5. The van der Waals surface area contributed by atoms with Gasteiger partial charge in [0.15, 0.2) is 0 Å². The van der Waals surface area contributed by atoms with E-state index in [1.807, 2.05) is 13.0 Å². The number of nitrogens with two attached hydrogens (primary N) is 1. The van der Waals surface area contributed by atoms with Crippen LogP contribution in [0, 0.1) is 6.92 Å². The highest BCUT2D eigenvalue weighted by Gasteiger charge is 2.12. The van der Waals surface area contributed by atoms with Gasteiger partial charge in [0.25, 0.3) is 5.91 Å². The molecule has 0 atom stereocenters. The first-order chi connectivity index (χ1) is 9.11. The molecule has 0 fully saturated rings. The van der Waals surface area contributed by atoms with E-state index in [1.54, 1.807) is 30.5 Å². The Labute approximate surface area is 111 Å². The van der Waals surface area contributed by atoms with Gasteiger partial charge in [0.2, 0.25) is 0 Å². The average molecular weight is 257 g/mol. The van der Waals surface area contributed by atoms with E-state index in [2.05, 4.69) is 10.3 Å². The first-order valence-electron chi connectivity index (χ1n) is 5.78. The smallest absolute Gasteiger partial charge is 0.274 e. The lowest BCUT2D eigenvalue weighted by molar-refractivity contribution is 0.102. The number of nitrogens with one attached hydrogen (secondary N) is 1. The minimum absolute atomic E-state index is 0.277. The van der Waals surface area contributed by atoms with Crippen molar-refractivity contribution in [3.8, 4) is 5.75 Å². The third kappa shape index (κ3) is 2.82. The van der Waals surface area contributed by atoms with E-state index in [-0.39, 0.29) is 5.91 Å². The largest absolute Gasteiger partial charge is 0.494 e. The number of benzene rings is 1. The summed E-state index contributed by atoms with van der Waals surface area (Å²) < 4.78 is 5.18. The highest BCUT2D eigenvalue weighted by molar-refractivity contribution is 6.04.